The van der Waals surface area contributed by atoms with Gasteiger partial charge in [-0.15, -0.1) is 0 Å². The third kappa shape index (κ3) is 2.72. The lowest BCUT2D eigenvalue weighted by atomic mass is 10.4. The minimum absolute atomic E-state index is 0.343. The molecule has 0 saturated carbocycles. The van der Waals surface area contributed by atoms with Gasteiger partial charge in [-0.05, 0) is 18.6 Å². The van der Waals surface area contributed by atoms with Crippen LogP contribution in [0, 0.1) is 0 Å². The van der Waals surface area contributed by atoms with Crippen molar-refractivity contribution in [2.45, 2.75) is 13.3 Å². The van der Waals surface area contributed by atoms with Crippen molar-refractivity contribution in [2.24, 2.45) is 0 Å². The van der Waals surface area contributed by atoms with E-state index in [-0.39, 0.29) is 0 Å². The first-order valence-electron chi connectivity index (χ1n) is 5.54. The Morgan fingerprint density at radius 3 is 2.88 bits per heavy atom. The molecular formula is C11H15N5O. The Bertz CT molecular complexity index is 469. The van der Waals surface area contributed by atoms with Crippen LogP contribution in [-0.4, -0.2) is 33.6 Å². The number of aromatic amines is 1. The summed E-state index contributed by atoms with van der Waals surface area (Å²) in [4.78, 5) is 15.7. The summed E-state index contributed by atoms with van der Waals surface area (Å²) in [5.41, 5.74) is 0.838. The van der Waals surface area contributed by atoms with Gasteiger partial charge in [0.05, 0.1) is 12.3 Å². The number of nitrogens with zero attached hydrogens (tertiary/aromatic N) is 3. The number of aromatic nitrogens is 4. The van der Waals surface area contributed by atoms with E-state index in [1.54, 1.807) is 7.05 Å². The SMILES string of the molecule is CCCOc1nc(NC)nc(-c2ccc[nH]2)n1. The summed E-state index contributed by atoms with van der Waals surface area (Å²) < 4.78 is 5.42. The molecule has 17 heavy (non-hydrogen) atoms. The highest BCUT2D eigenvalue weighted by atomic mass is 16.5. The zero-order chi connectivity index (χ0) is 12.1. The summed E-state index contributed by atoms with van der Waals surface area (Å²) in [5, 5.41) is 2.89. The standard InChI is InChI=1S/C11H15N5O/c1-3-7-17-11-15-9(8-5-4-6-13-8)14-10(12-2)16-11/h4-6,13H,3,7H2,1-2H3,(H,12,14,15,16). The molecule has 0 atom stereocenters. The predicted octanol–water partition coefficient (Wildman–Crippen LogP) is 1.70. The summed E-state index contributed by atoms with van der Waals surface area (Å²) >= 11 is 0. The van der Waals surface area contributed by atoms with Gasteiger partial charge < -0.3 is 15.0 Å². The number of rotatable bonds is 5. The van der Waals surface area contributed by atoms with Crippen molar-refractivity contribution in [2.75, 3.05) is 19.0 Å². The molecule has 0 aliphatic carbocycles. The molecule has 2 aromatic rings. The number of hydrogen-bond acceptors (Lipinski definition) is 5. The van der Waals surface area contributed by atoms with E-state index in [4.69, 9.17) is 4.74 Å². The largest absolute Gasteiger partial charge is 0.463 e. The molecule has 0 radical (unpaired) electrons. The number of nitrogens with one attached hydrogen (secondary N) is 2. The Balaban J connectivity index is 2.32. The zero-order valence-electron chi connectivity index (χ0n) is 9.90. The average Bonchev–Trinajstić information content (AvgIpc) is 2.89. The molecule has 0 amide bonds. The topological polar surface area (TPSA) is 75.7 Å². The van der Waals surface area contributed by atoms with Crippen molar-refractivity contribution < 1.29 is 4.74 Å². The van der Waals surface area contributed by atoms with Crippen LogP contribution in [0.3, 0.4) is 0 Å². The molecule has 0 saturated heterocycles. The van der Waals surface area contributed by atoms with Gasteiger partial charge in [0.15, 0.2) is 5.82 Å². The third-order valence-corrected chi connectivity index (χ3v) is 2.11. The smallest absolute Gasteiger partial charge is 0.321 e. The molecule has 2 heterocycles. The summed E-state index contributed by atoms with van der Waals surface area (Å²) in [6.07, 6.45) is 2.74. The fourth-order valence-electron chi connectivity index (χ4n) is 1.32. The van der Waals surface area contributed by atoms with Crippen LogP contribution in [0.5, 0.6) is 6.01 Å². The van der Waals surface area contributed by atoms with Gasteiger partial charge in [0, 0.05) is 13.2 Å². The molecule has 0 aliphatic heterocycles. The van der Waals surface area contributed by atoms with E-state index in [1.165, 1.54) is 0 Å². The van der Waals surface area contributed by atoms with Gasteiger partial charge in [-0.2, -0.15) is 15.0 Å². The highest BCUT2D eigenvalue weighted by Crippen LogP contribution is 2.16. The van der Waals surface area contributed by atoms with E-state index in [0.717, 1.165) is 12.1 Å². The number of anilines is 1. The summed E-state index contributed by atoms with van der Waals surface area (Å²) in [5.74, 6) is 1.07. The maximum Gasteiger partial charge on any atom is 0.321 e. The van der Waals surface area contributed by atoms with Crippen LogP contribution in [0.15, 0.2) is 18.3 Å². The van der Waals surface area contributed by atoms with Crippen molar-refractivity contribution in [3.05, 3.63) is 18.3 Å². The molecule has 2 rings (SSSR count). The molecular weight excluding hydrogens is 218 g/mol. The van der Waals surface area contributed by atoms with Gasteiger partial charge in [0.1, 0.15) is 0 Å². The van der Waals surface area contributed by atoms with Gasteiger partial charge in [-0.1, -0.05) is 6.92 Å². The number of H-pyrrole nitrogens is 1. The van der Waals surface area contributed by atoms with Crippen LogP contribution < -0.4 is 10.1 Å². The second-order valence-electron chi connectivity index (χ2n) is 3.45. The molecule has 6 nitrogen and oxygen atoms in total. The Hall–Kier alpha value is -2.11. The molecule has 2 aromatic heterocycles. The maximum atomic E-state index is 5.42. The van der Waals surface area contributed by atoms with Gasteiger partial charge in [-0.25, -0.2) is 0 Å². The van der Waals surface area contributed by atoms with Crippen molar-refractivity contribution in [3.63, 3.8) is 0 Å². The average molecular weight is 233 g/mol. The van der Waals surface area contributed by atoms with Gasteiger partial charge in [-0.3, -0.25) is 0 Å². The van der Waals surface area contributed by atoms with Gasteiger partial charge in [0.2, 0.25) is 5.95 Å². The van der Waals surface area contributed by atoms with Crippen molar-refractivity contribution in [1.29, 1.82) is 0 Å². The first kappa shape index (κ1) is 11.4. The van der Waals surface area contributed by atoms with Crippen molar-refractivity contribution in [3.8, 4) is 17.5 Å². The fraction of sp³-hybridized carbons (Fsp3) is 0.364. The molecule has 0 fully saturated rings. The van der Waals surface area contributed by atoms with E-state index < -0.39 is 0 Å². The molecule has 0 spiro atoms. The number of hydrogen-bond donors (Lipinski definition) is 2. The van der Waals surface area contributed by atoms with Crippen LogP contribution in [-0.2, 0) is 0 Å². The lowest BCUT2D eigenvalue weighted by Crippen LogP contribution is -2.06. The first-order valence-corrected chi connectivity index (χ1v) is 5.54. The fourth-order valence-corrected chi connectivity index (χ4v) is 1.32. The molecule has 0 unspecified atom stereocenters. The summed E-state index contributed by atoms with van der Waals surface area (Å²) in [6, 6.07) is 4.14. The van der Waals surface area contributed by atoms with Crippen LogP contribution in [0.1, 0.15) is 13.3 Å². The maximum absolute atomic E-state index is 5.42. The highest BCUT2D eigenvalue weighted by Gasteiger charge is 2.08. The minimum atomic E-state index is 0.343. The van der Waals surface area contributed by atoms with Gasteiger partial charge >= 0.3 is 6.01 Å². The van der Waals surface area contributed by atoms with Crippen molar-refractivity contribution >= 4 is 5.95 Å². The normalized spacial score (nSPS) is 10.2. The van der Waals surface area contributed by atoms with Crippen LogP contribution in [0.4, 0.5) is 5.95 Å². The summed E-state index contributed by atoms with van der Waals surface area (Å²) in [6.45, 7) is 2.63. The van der Waals surface area contributed by atoms with E-state index in [1.807, 2.05) is 25.3 Å². The van der Waals surface area contributed by atoms with E-state index in [2.05, 4.69) is 25.3 Å². The summed E-state index contributed by atoms with van der Waals surface area (Å²) in [7, 11) is 1.76. The second kappa shape index (κ2) is 5.29. The lowest BCUT2D eigenvalue weighted by Gasteiger charge is -2.06. The molecule has 2 N–H and O–H groups in total. The Kier molecular flexibility index (Phi) is 3.54. The van der Waals surface area contributed by atoms with E-state index in [9.17, 15) is 0 Å². The Morgan fingerprint density at radius 2 is 2.24 bits per heavy atom. The molecule has 0 bridgehead atoms. The highest BCUT2D eigenvalue weighted by molar-refractivity contribution is 5.51. The third-order valence-electron chi connectivity index (χ3n) is 2.11. The second-order valence-corrected chi connectivity index (χ2v) is 3.45. The quantitative estimate of drug-likeness (QED) is 0.822. The first-order chi connectivity index (χ1) is 8.33. The number of ether oxygens (including phenoxy) is 1. The lowest BCUT2D eigenvalue weighted by molar-refractivity contribution is 0.292. The van der Waals surface area contributed by atoms with Crippen molar-refractivity contribution in [1.82, 2.24) is 19.9 Å². The molecule has 0 aromatic carbocycles. The Labute approximate surface area is 99.5 Å². The minimum Gasteiger partial charge on any atom is -0.463 e. The van der Waals surface area contributed by atoms with Gasteiger partial charge in [0.25, 0.3) is 0 Å². The Morgan fingerprint density at radius 1 is 1.35 bits per heavy atom. The molecule has 90 valence electrons. The van der Waals surface area contributed by atoms with Crippen LogP contribution in [0.25, 0.3) is 11.5 Å². The monoisotopic (exact) mass is 233 g/mol. The van der Waals surface area contributed by atoms with Crippen LogP contribution >= 0.6 is 0 Å². The molecule has 0 aliphatic rings. The predicted molar refractivity (Wildman–Crippen MR) is 64.9 cm³/mol. The van der Waals surface area contributed by atoms with Crippen LogP contribution in [0.2, 0.25) is 0 Å². The zero-order valence-corrected chi connectivity index (χ0v) is 9.90. The molecule has 6 heteroatoms. The van der Waals surface area contributed by atoms with E-state index in [0.29, 0.717) is 24.4 Å². The van der Waals surface area contributed by atoms with E-state index >= 15 is 0 Å².